The molecule has 0 radical (unpaired) electrons. The Labute approximate surface area is 167 Å². The van der Waals surface area contributed by atoms with E-state index in [4.69, 9.17) is 11.6 Å². The fourth-order valence-corrected chi connectivity index (χ4v) is 3.47. The predicted octanol–water partition coefficient (Wildman–Crippen LogP) is 3.59. The molecule has 1 aliphatic rings. The first-order valence-electron chi connectivity index (χ1n) is 8.96. The minimum absolute atomic E-state index is 0.000763. The molecule has 1 N–H and O–H groups in total. The standard InChI is InChI=1S/C20H20ClN3O4/c1-13-4-2-3-5-16(13)19(25)22-15-8-10-23(11-9-15)20(26)14-6-7-17(21)18(12-14)24(27)28/h2-7,12,15H,8-11H2,1H3,(H,22,25). The van der Waals surface area contributed by atoms with Gasteiger partial charge < -0.3 is 10.2 Å². The maximum Gasteiger partial charge on any atom is 0.288 e. The number of halogens is 1. The van der Waals surface area contributed by atoms with Gasteiger partial charge >= 0.3 is 0 Å². The molecular weight excluding hydrogens is 382 g/mol. The van der Waals surface area contributed by atoms with Crippen LogP contribution in [0.4, 0.5) is 5.69 Å². The van der Waals surface area contributed by atoms with Crippen molar-refractivity contribution >= 4 is 29.1 Å². The number of carbonyl (C=O) groups excluding carboxylic acids is 2. The third-order valence-electron chi connectivity index (χ3n) is 4.90. The molecule has 0 unspecified atom stereocenters. The molecule has 2 aromatic carbocycles. The molecule has 7 nitrogen and oxygen atoms in total. The summed E-state index contributed by atoms with van der Waals surface area (Å²) >= 11 is 5.80. The van der Waals surface area contributed by atoms with Crippen LogP contribution in [0.5, 0.6) is 0 Å². The third-order valence-corrected chi connectivity index (χ3v) is 5.22. The molecule has 1 fully saturated rings. The first-order chi connectivity index (χ1) is 13.4. The first-order valence-corrected chi connectivity index (χ1v) is 9.34. The molecule has 0 saturated carbocycles. The van der Waals surface area contributed by atoms with Gasteiger partial charge in [0.15, 0.2) is 0 Å². The largest absolute Gasteiger partial charge is 0.349 e. The summed E-state index contributed by atoms with van der Waals surface area (Å²) in [5, 5.41) is 14.0. The van der Waals surface area contributed by atoms with Crippen molar-refractivity contribution in [3.05, 3.63) is 74.3 Å². The lowest BCUT2D eigenvalue weighted by atomic mass is 10.0. The second kappa shape index (κ2) is 8.39. The summed E-state index contributed by atoms with van der Waals surface area (Å²) in [6.07, 6.45) is 1.25. The Bertz CT molecular complexity index is 923. The number of hydrogen-bond acceptors (Lipinski definition) is 4. The van der Waals surface area contributed by atoms with Crippen molar-refractivity contribution in [1.82, 2.24) is 10.2 Å². The van der Waals surface area contributed by atoms with Gasteiger partial charge in [0.25, 0.3) is 17.5 Å². The van der Waals surface area contributed by atoms with Crippen molar-refractivity contribution in [2.45, 2.75) is 25.8 Å². The van der Waals surface area contributed by atoms with Gasteiger partial charge in [-0.1, -0.05) is 29.8 Å². The lowest BCUT2D eigenvalue weighted by Gasteiger charge is -2.32. The number of nitro benzene ring substituents is 1. The van der Waals surface area contributed by atoms with Crippen LogP contribution < -0.4 is 5.32 Å². The van der Waals surface area contributed by atoms with Crippen molar-refractivity contribution < 1.29 is 14.5 Å². The third kappa shape index (κ3) is 4.31. The van der Waals surface area contributed by atoms with Crippen LogP contribution in [0.2, 0.25) is 5.02 Å². The van der Waals surface area contributed by atoms with Crippen molar-refractivity contribution in [3.63, 3.8) is 0 Å². The maximum absolute atomic E-state index is 12.7. The van der Waals surface area contributed by atoms with Crippen LogP contribution in [0.1, 0.15) is 39.1 Å². The zero-order valence-electron chi connectivity index (χ0n) is 15.4. The number of piperidine rings is 1. The highest BCUT2D eigenvalue weighted by Gasteiger charge is 2.26. The fourth-order valence-electron chi connectivity index (χ4n) is 3.29. The number of hydrogen-bond donors (Lipinski definition) is 1. The molecule has 0 atom stereocenters. The number of nitro groups is 1. The Morgan fingerprint density at radius 2 is 1.86 bits per heavy atom. The van der Waals surface area contributed by atoms with E-state index in [2.05, 4.69) is 5.32 Å². The monoisotopic (exact) mass is 401 g/mol. The number of likely N-dealkylation sites (tertiary alicyclic amines) is 1. The molecule has 1 heterocycles. The van der Waals surface area contributed by atoms with Gasteiger partial charge in [-0.25, -0.2) is 0 Å². The van der Waals surface area contributed by atoms with E-state index in [1.807, 2.05) is 25.1 Å². The highest BCUT2D eigenvalue weighted by molar-refractivity contribution is 6.32. The average molecular weight is 402 g/mol. The van der Waals surface area contributed by atoms with Crippen LogP contribution in [0.25, 0.3) is 0 Å². The van der Waals surface area contributed by atoms with Crippen molar-refractivity contribution in [1.29, 1.82) is 0 Å². The number of rotatable bonds is 4. The van der Waals surface area contributed by atoms with Gasteiger partial charge in [-0.05, 0) is 43.5 Å². The molecule has 2 amide bonds. The van der Waals surface area contributed by atoms with E-state index in [1.54, 1.807) is 11.0 Å². The van der Waals surface area contributed by atoms with Crippen LogP contribution in [0, 0.1) is 17.0 Å². The van der Waals surface area contributed by atoms with Crippen molar-refractivity contribution in [2.24, 2.45) is 0 Å². The maximum atomic E-state index is 12.7. The van der Waals surface area contributed by atoms with Gasteiger partial charge in [-0.15, -0.1) is 0 Å². The molecule has 1 aliphatic heterocycles. The Hall–Kier alpha value is -2.93. The summed E-state index contributed by atoms with van der Waals surface area (Å²) in [5.41, 5.74) is 1.51. The Kier molecular flexibility index (Phi) is 5.94. The van der Waals surface area contributed by atoms with E-state index in [0.717, 1.165) is 5.56 Å². The number of aryl methyl sites for hydroxylation is 1. The molecule has 1 saturated heterocycles. The topological polar surface area (TPSA) is 92.6 Å². The van der Waals surface area contributed by atoms with Gasteiger partial charge in [0.2, 0.25) is 0 Å². The number of amides is 2. The van der Waals surface area contributed by atoms with Gasteiger partial charge in [0.1, 0.15) is 5.02 Å². The van der Waals surface area contributed by atoms with E-state index in [1.165, 1.54) is 18.2 Å². The molecule has 28 heavy (non-hydrogen) atoms. The van der Waals surface area contributed by atoms with E-state index in [-0.39, 0.29) is 34.1 Å². The van der Waals surface area contributed by atoms with Crippen molar-refractivity contribution in [2.75, 3.05) is 13.1 Å². The quantitative estimate of drug-likeness (QED) is 0.625. The predicted molar refractivity (Wildman–Crippen MR) is 106 cm³/mol. The SMILES string of the molecule is Cc1ccccc1C(=O)NC1CCN(C(=O)c2ccc(Cl)c([N+](=O)[O-])c2)CC1. The first kappa shape index (κ1) is 19.8. The second-order valence-electron chi connectivity index (χ2n) is 6.78. The summed E-state index contributed by atoms with van der Waals surface area (Å²) in [4.78, 5) is 37.1. The van der Waals surface area contributed by atoms with E-state index >= 15 is 0 Å². The van der Waals surface area contributed by atoms with E-state index < -0.39 is 4.92 Å². The number of nitrogens with zero attached hydrogens (tertiary/aromatic N) is 2. The molecule has 2 aromatic rings. The summed E-state index contributed by atoms with van der Waals surface area (Å²) in [6.45, 7) is 2.82. The van der Waals surface area contributed by atoms with Crippen LogP contribution in [-0.4, -0.2) is 40.8 Å². The molecule has 0 bridgehead atoms. The van der Waals surface area contributed by atoms with Gasteiger partial charge in [-0.2, -0.15) is 0 Å². The van der Waals surface area contributed by atoms with Crippen LogP contribution in [0.15, 0.2) is 42.5 Å². The molecule has 0 aromatic heterocycles. The summed E-state index contributed by atoms with van der Waals surface area (Å²) in [6, 6.07) is 11.4. The Morgan fingerprint density at radius 1 is 1.18 bits per heavy atom. The van der Waals surface area contributed by atoms with Crippen LogP contribution in [0.3, 0.4) is 0 Å². The molecule has 3 rings (SSSR count). The molecule has 0 aliphatic carbocycles. The van der Waals surface area contributed by atoms with Crippen molar-refractivity contribution in [3.8, 4) is 0 Å². The summed E-state index contributed by atoms with van der Waals surface area (Å²) in [5.74, 6) is -0.389. The highest BCUT2D eigenvalue weighted by atomic mass is 35.5. The van der Waals surface area contributed by atoms with Crippen LogP contribution in [-0.2, 0) is 0 Å². The summed E-state index contributed by atoms with van der Waals surface area (Å²) < 4.78 is 0. The molecule has 0 spiro atoms. The summed E-state index contributed by atoms with van der Waals surface area (Å²) in [7, 11) is 0. The number of nitrogens with one attached hydrogen (secondary N) is 1. The van der Waals surface area contributed by atoms with Gasteiger partial charge in [-0.3, -0.25) is 19.7 Å². The zero-order valence-corrected chi connectivity index (χ0v) is 16.1. The second-order valence-corrected chi connectivity index (χ2v) is 7.19. The Balaban J connectivity index is 1.60. The van der Waals surface area contributed by atoms with Gasteiger partial charge in [0, 0.05) is 36.3 Å². The highest BCUT2D eigenvalue weighted by Crippen LogP contribution is 2.26. The number of benzene rings is 2. The van der Waals surface area contributed by atoms with Gasteiger partial charge in [0.05, 0.1) is 4.92 Å². The normalized spacial score (nSPS) is 14.6. The zero-order chi connectivity index (χ0) is 20.3. The molecule has 146 valence electrons. The molecular formula is C20H20ClN3O4. The van der Waals surface area contributed by atoms with Crippen LogP contribution >= 0.6 is 11.6 Å². The van der Waals surface area contributed by atoms with E-state index in [9.17, 15) is 19.7 Å². The molecule has 8 heteroatoms. The smallest absolute Gasteiger partial charge is 0.288 e. The lowest BCUT2D eigenvalue weighted by molar-refractivity contribution is -0.384. The Morgan fingerprint density at radius 3 is 2.50 bits per heavy atom. The minimum Gasteiger partial charge on any atom is -0.349 e. The lowest BCUT2D eigenvalue weighted by Crippen LogP contribution is -2.46. The fraction of sp³-hybridized carbons (Fsp3) is 0.300. The minimum atomic E-state index is -0.605. The van der Waals surface area contributed by atoms with E-state index in [0.29, 0.717) is 31.5 Å². The number of carbonyl (C=O) groups is 2. The average Bonchev–Trinajstić information content (AvgIpc) is 2.68.